The fourth-order valence-electron chi connectivity index (χ4n) is 16.0. The Morgan fingerprint density at radius 3 is 1.03 bits per heavy atom. The van der Waals surface area contributed by atoms with E-state index in [-0.39, 0.29) is 0 Å². The van der Waals surface area contributed by atoms with E-state index in [0.717, 1.165) is 153 Å². The highest BCUT2D eigenvalue weighted by Gasteiger charge is 2.36. The highest BCUT2D eigenvalue weighted by Crippen LogP contribution is 2.54. The number of aromatic nitrogens is 7. The lowest BCUT2D eigenvalue weighted by molar-refractivity contribution is 0.669. The number of nitrogens with zero attached hydrogens (tertiary/aromatic N) is 8. The van der Waals surface area contributed by atoms with Gasteiger partial charge in [-0.15, -0.1) is 0 Å². The van der Waals surface area contributed by atoms with E-state index in [4.69, 9.17) is 32.6 Å². The quantitative estimate of drug-likeness (QED) is 0.154. The summed E-state index contributed by atoms with van der Waals surface area (Å²) < 4.78 is 36.2. The third kappa shape index (κ3) is 7.11. The van der Waals surface area contributed by atoms with Gasteiger partial charge in [0.2, 0.25) is 11.9 Å². The van der Waals surface area contributed by atoms with Gasteiger partial charge in [0.15, 0.2) is 17.0 Å². The molecule has 22 aromatic rings. The first-order valence-electron chi connectivity index (χ1n) is 32.6. The van der Waals surface area contributed by atoms with Crippen molar-refractivity contribution in [2.45, 2.75) is 0 Å². The molecule has 0 aliphatic carbocycles. The summed E-state index contributed by atoms with van der Waals surface area (Å²) in [6.07, 6.45) is 0. The van der Waals surface area contributed by atoms with Crippen molar-refractivity contribution in [2.24, 2.45) is 0 Å². The van der Waals surface area contributed by atoms with Gasteiger partial charge in [0, 0.05) is 81.3 Å². The van der Waals surface area contributed by atoms with Crippen molar-refractivity contribution in [3.8, 4) is 63.0 Å². The number of fused-ring (bicyclic) bond motifs is 22. The third-order valence-electron chi connectivity index (χ3n) is 20.1. The van der Waals surface area contributed by atoms with Gasteiger partial charge in [-0.3, -0.25) is 9.13 Å². The molecule has 22 rings (SSSR count). The van der Waals surface area contributed by atoms with Crippen LogP contribution in [-0.2, 0) is 0 Å². The second kappa shape index (κ2) is 19.7. The first kappa shape index (κ1) is 52.7. The number of furan rings is 4. The Bertz CT molecular complexity index is 6840. The predicted molar refractivity (Wildman–Crippen MR) is 392 cm³/mol. The maximum atomic E-state index is 13.2. The van der Waals surface area contributed by atoms with Crippen molar-refractivity contribution in [2.75, 3.05) is 0 Å². The fraction of sp³-hybridized carbons (Fsp3) is 0. The van der Waals surface area contributed by atoms with E-state index >= 15 is 0 Å². The standard InChI is InChI=1S/C86H46N8O4/c87-47-62-78(91-63-35-15-7-27-50(63)58-45-73-60(43-67(58)91)52-29-11-19-39-69(52)95-73)75(48-23-3-1-4-24-48)77(76(49-25-5-2-6-26-49)79(62)92-64-36-16-8-28-51(64)59-46-74-61(44-68(59)92)53-30-12-20-40-70(53)96-74)84-88-85(93-65-37-17-9-31-54(65)82-80(93)56-33-13-21-41-71(56)97-82)90-86(89-84)94-66-38-18-10-32-55(66)83-81(94)57-34-14-22-42-72(57)98-83/h1-46H. The highest BCUT2D eigenvalue weighted by atomic mass is 16.3. The normalized spacial score (nSPS) is 12.3. The number of rotatable bonds is 7. The zero-order valence-electron chi connectivity index (χ0n) is 51.8. The summed E-state index contributed by atoms with van der Waals surface area (Å²) in [6.45, 7) is 0. The highest BCUT2D eigenvalue weighted by molar-refractivity contribution is 6.22. The van der Waals surface area contributed by atoms with Crippen LogP contribution in [0.25, 0.3) is 210 Å². The molecule has 0 aliphatic heterocycles. The molecule has 0 radical (unpaired) electrons. The summed E-state index contributed by atoms with van der Waals surface area (Å²) in [5.74, 6) is 1.01. The summed E-state index contributed by atoms with van der Waals surface area (Å²) in [5, 5.41) is 24.4. The first-order valence-corrected chi connectivity index (χ1v) is 32.6. The van der Waals surface area contributed by atoms with Crippen LogP contribution >= 0.6 is 0 Å². The van der Waals surface area contributed by atoms with Crippen LogP contribution in [-0.4, -0.2) is 33.2 Å². The molecule has 12 nitrogen and oxygen atoms in total. The molecule has 12 heteroatoms. The maximum Gasteiger partial charge on any atom is 0.240 e. The van der Waals surface area contributed by atoms with E-state index < -0.39 is 0 Å². The van der Waals surface area contributed by atoms with Crippen molar-refractivity contribution >= 4 is 153 Å². The molecule has 13 aromatic carbocycles. The second-order valence-electron chi connectivity index (χ2n) is 25.2. The van der Waals surface area contributed by atoms with E-state index in [1.165, 1.54) is 0 Å². The van der Waals surface area contributed by atoms with Gasteiger partial charge in [0.1, 0.15) is 56.2 Å². The molecule has 0 N–H and O–H groups in total. The van der Waals surface area contributed by atoms with Crippen LogP contribution in [0.4, 0.5) is 0 Å². The van der Waals surface area contributed by atoms with Gasteiger partial charge in [-0.25, -0.2) is 0 Å². The SMILES string of the molecule is N#Cc1c(-n2c3ccccc3c3cc4oc5ccccc5c4cc32)c(-c2ccccc2)c(-c2nc(-n3c4ccccc4c4oc5ccccc5c43)nc(-n3c4ccccc4c4oc5ccccc5c43)n2)c(-c2ccccc2)c1-n1c2ccccc2c2cc3oc4ccccc4c3cc21. The van der Waals surface area contributed by atoms with Crippen LogP contribution in [0.1, 0.15) is 5.56 Å². The van der Waals surface area contributed by atoms with Crippen molar-refractivity contribution in [3.63, 3.8) is 0 Å². The van der Waals surface area contributed by atoms with Crippen molar-refractivity contribution in [1.29, 1.82) is 5.26 Å². The molecule has 0 amide bonds. The van der Waals surface area contributed by atoms with E-state index in [0.29, 0.717) is 62.5 Å². The first-order chi connectivity index (χ1) is 48.6. The van der Waals surface area contributed by atoms with Crippen LogP contribution < -0.4 is 0 Å². The van der Waals surface area contributed by atoms with E-state index in [1.807, 2.05) is 97.1 Å². The Hall–Kier alpha value is -13.8. The smallest absolute Gasteiger partial charge is 0.240 e. The number of hydrogen-bond acceptors (Lipinski definition) is 8. The molecule has 0 unspecified atom stereocenters. The lowest BCUT2D eigenvalue weighted by atomic mass is 9.85. The number of nitriles is 1. The van der Waals surface area contributed by atoms with Gasteiger partial charge in [-0.1, -0.05) is 182 Å². The summed E-state index contributed by atoms with van der Waals surface area (Å²) in [4.78, 5) is 17.9. The summed E-state index contributed by atoms with van der Waals surface area (Å²) in [6, 6.07) is 98.9. The lowest BCUT2D eigenvalue weighted by Gasteiger charge is -2.27. The van der Waals surface area contributed by atoms with Crippen LogP contribution in [0.15, 0.2) is 297 Å². The molecule has 0 aliphatic rings. The third-order valence-corrected chi connectivity index (χ3v) is 20.1. The Morgan fingerprint density at radius 1 is 0.265 bits per heavy atom. The molecule has 0 saturated heterocycles. The fourth-order valence-corrected chi connectivity index (χ4v) is 16.0. The van der Waals surface area contributed by atoms with Crippen molar-refractivity contribution < 1.29 is 17.7 Å². The van der Waals surface area contributed by atoms with Crippen molar-refractivity contribution in [3.05, 3.63) is 285 Å². The predicted octanol–water partition coefficient (Wildman–Crippen LogP) is 22.4. The average molecular weight is 1260 g/mol. The van der Waals surface area contributed by atoms with Gasteiger partial charge in [-0.05, 0) is 108 Å². The maximum absolute atomic E-state index is 13.2. The van der Waals surface area contributed by atoms with Crippen LogP contribution in [0.5, 0.6) is 0 Å². The number of hydrogen-bond donors (Lipinski definition) is 0. The van der Waals surface area contributed by atoms with Crippen molar-refractivity contribution in [1.82, 2.24) is 33.2 Å². The van der Waals surface area contributed by atoms with E-state index in [2.05, 4.69) is 206 Å². The van der Waals surface area contributed by atoms with Gasteiger partial charge in [-0.2, -0.15) is 20.2 Å². The lowest BCUT2D eigenvalue weighted by Crippen LogP contribution is -2.14. The second-order valence-corrected chi connectivity index (χ2v) is 25.2. The molecule has 0 spiro atoms. The van der Waals surface area contributed by atoms with Gasteiger partial charge in [0.05, 0.1) is 44.5 Å². The monoisotopic (exact) mass is 1250 g/mol. The molecule has 454 valence electrons. The Balaban J connectivity index is 1.01. The van der Waals surface area contributed by atoms with Gasteiger partial charge >= 0.3 is 0 Å². The number of benzene rings is 13. The van der Waals surface area contributed by atoms with E-state index in [1.54, 1.807) is 0 Å². The Morgan fingerprint density at radius 2 is 0.612 bits per heavy atom. The molecule has 0 saturated carbocycles. The minimum absolute atomic E-state index is 0.333. The molecule has 0 atom stereocenters. The molecule has 0 fully saturated rings. The minimum Gasteiger partial charge on any atom is -0.456 e. The van der Waals surface area contributed by atoms with Crippen LogP contribution in [0, 0.1) is 11.3 Å². The summed E-state index contributed by atoms with van der Waals surface area (Å²) in [7, 11) is 0. The van der Waals surface area contributed by atoms with Gasteiger partial charge in [0.25, 0.3) is 0 Å². The molecular formula is C86H46N8O4. The van der Waals surface area contributed by atoms with E-state index in [9.17, 15) is 5.26 Å². The molecular weight excluding hydrogens is 1210 g/mol. The van der Waals surface area contributed by atoms with Gasteiger partial charge < -0.3 is 26.8 Å². The van der Waals surface area contributed by atoms with Crippen LogP contribution in [0.3, 0.4) is 0 Å². The minimum atomic E-state index is 0.333. The van der Waals surface area contributed by atoms with Crippen LogP contribution in [0.2, 0.25) is 0 Å². The zero-order chi connectivity index (χ0) is 64.0. The number of para-hydroxylation sites is 8. The topological polar surface area (TPSA) is 135 Å². The molecule has 9 heterocycles. The molecule has 0 bridgehead atoms. The Labute approximate surface area is 554 Å². The average Bonchev–Trinajstić information content (AvgIpc) is 1.41. The zero-order valence-corrected chi connectivity index (χ0v) is 51.8. The summed E-state index contributed by atoms with van der Waals surface area (Å²) >= 11 is 0. The Kier molecular flexibility index (Phi) is 10.6. The molecule has 98 heavy (non-hydrogen) atoms. The summed E-state index contributed by atoms with van der Waals surface area (Å²) in [5.41, 5.74) is 18.1. The molecule has 9 aromatic heterocycles. The largest absolute Gasteiger partial charge is 0.456 e.